The van der Waals surface area contributed by atoms with Crippen LogP contribution in [0.3, 0.4) is 0 Å². The van der Waals surface area contributed by atoms with E-state index in [-0.39, 0.29) is 0 Å². The van der Waals surface area contributed by atoms with Crippen LogP contribution in [0.5, 0.6) is 0 Å². The van der Waals surface area contributed by atoms with Gasteiger partial charge in [-0.1, -0.05) is 25.3 Å². The molecule has 0 unspecified atom stereocenters. The average Bonchev–Trinajstić information content (AvgIpc) is 2.97. The van der Waals surface area contributed by atoms with Crippen molar-refractivity contribution in [2.75, 3.05) is 12.8 Å². The second-order valence-corrected chi connectivity index (χ2v) is 9.72. The minimum absolute atomic E-state index is 0.614. The monoisotopic (exact) mass is 390 g/mol. The van der Waals surface area contributed by atoms with Crippen LogP contribution in [0.15, 0.2) is 18.2 Å². The zero-order chi connectivity index (χ0) is 19.0. The molecule has 6 heteroatoms. The minimum Gasteiger partial charge on any atom is -0.342 e. The first-order valence-electron chi connectivity index (χ1n) is 10.2. The third-order valence-corrected chi connectivity index (χ3v) is 6.29. The van der Waals surface area contributed by atoms with E-state index in [4.69, 9.17) is 4.55 Å². The van der Waals surface area contributed by atoms with Crippen molar-refractivity contribution in [3.8, 4) is 0 Å². The predicted octanol–water partition coefficient (Wildman–Crippen LogP) is 4.17. The van der Waals surface area contributed by atoms with Gasteiger partial charge in [-0.15, -0.1) is 0 Å². The van der Waals surface area contributed by atoms with Gasteiger partial charge in [-0.25, -0.2) is 0 Å². The summed E-state index contributed by atoms with van der Waals surface area (Å²) in [4.78, 5) is 0. The molecule has 1 saturated carbocycles. The number of hydrogen-bond donors (Lipinski definition) is 2. The summed E-state index contributed by atoms with van der Waals surface area (Å²) in [7, 11) is -3.67. The molecule has 1 aliphatic heterocycles. The zero-order valence-corrected chi connectivity index (χ0v) is 16.9. The van der Waals surface area contributed by atoms with Crippen LogP contribution in [-0.4, -0.2) is 30.3 Å². The Morgan fingerprint density at radius 2 is 1.85 bits per heavy atom. The molecule has 1 aromatic carbocycles. The number of nitrogens with one attached hydrogen (secondary N) is 1. The third-order valence-electron chi connectivity index (χ3n) is 6.29. The van der Waals surface area contributed by atoms with Crippen LogP contribution >= 0.6 is 0 Å². The number of fused-ring (bicyclic) bond motifs is 3. The fourth-order valence-corrected chi connectivity index (χ4v) is 5.22. The first kappa shape index (κ1) is 19.0. The van der Waals surface area contributed by atoms with Gasteiger partial charge in [-0.2, -0.15) is 8.42 Å². The van der Waals surface area contributed by atoms with E-state index in [1.54, 1.807) is 22.2 Å². The molecule has 5 rings (SSSR count). The molecule has 0 spiro atoms. The van der Waals surface area contributed by atoms with E-state index in [0.29, 0.717) is 12.3 Å². The van der Waals surface area contributed by atoms with Crippen molar-refractivity contribution in [3.63, 3.8) is 0 Å². The van der Waals surface area contributed by atoms with Crippen molar-refractivity contribution < 1.29 is 13.0 Å². The molecule has 2 aliphatic carbocycles. The predicted molar refractivity (Wildman–Crippen MR) is 109 cm³/mol. The van der Waals surface area contributed by atoms with Crippen molar-refractivity contribution in [2.45, 2.75) is 69.9 Å². The van der Waals surface area contributed by atoms with Crippen molar-refractivity contribution in [1.82, 2.24) is 9.88 Å². The van der Waals surface area contributed by atoms with E-state index in [1.807, 2.05) is 0 Å². The zero-order valence-electron chi connectivity index (χ0n) is 16.1. The molecule has 0 radical (unpaired) electrons. The maximum atomic E-state index is 9.19. The third kappa shape index (κ3) is 4.08. The van der Waals surface area contributed by atoms with Crippen molar-refractivity contribution in [1.29, 1.82) is 0 Å². The van der Waals surface area contributed by atoms with E-state index >= 15 is 0 Å². The van der Waals surface area contributed by atoms with E-state index in [1.165, 1.54) is 56.9 Å². The number of rotatable bonds is 1. The number of aromatic nitrogens is 1. The van der Waals surface area contributed by atoms with Crippen molar-refractivity contribution in [3.05, 3.63) is 35.0 Å². The molecular weight excluding hydrogens is 360 g/mol. The van der Waals surface area contributed by atoms with Gasteiger partial charge in [0.15, 0.2) is 0 Å². The highest BCUT2D eigenvalue weighted by atomic mass is 32.2. The normalized spacial score (nSPS) is 22.8. The Kier molecular flexibility index (Phi) is 5.32. The summed E-state index contributed by atoms with van der Waals surface area (Å²) in [6, 6.07) is 8.04. The number of aryl methyl sites for hydroxylation is 1. The SMILES string of the molecule is CS(=O)(=O)O.c1cc2c(cc1C1CCCCC1)c1c3n2CCN[C@@H]3CCC1. The second-order valence-electron chi connectivity index (χ2n) is 8.26. The van der Waals surface area contributed by atoms with E-state index in [2.05, 4.69) is 28.1 Å². The number of nitrogens with zero attached hydrogens (tertiary/aromatic N) is 1. The van der Waals surface area contributed by atoms with Crippen LogP contribution in [0.25, 0.3) is 10.9 Å². The molecule has 1 aromatic heterocycles. The molecule has 2 aromatic rings. The van der Waals surface area contributed by atoms with Crippen LogP contribution in [0.4, 0.5) is 0 Å². The van der Waals surface area contributed by atoms with Gasteiger partial charge in [0, 0.05) is 35.7 Å². The molecule has 2 N–H and O–H groups in total. The Labute approximate surface area is 161 Å². The molecule has 0 saturated heterocycles. The van der Waals surface area contributed by atoms with Gasteiger partial charge < -0.3 is 9.88 Å². The van der Waals surface area contributed by atoms with Crippen LogP contribution in [-0.2, 0) is 23.1 Å². The van der Waals surface area contributed by atoms with Crippen LogP contribution < -0.4 is 5.32 Å². The average molecular weight is 391 g/mol. The lowest BCUT2D eigenvalue weighted by atomic mass is 9.83. The summed E-state index contributed by atoms with van der Waals surface area (Å²) in [5.74, 6) is 0.819. The number of hydrogen-bond acceptors (Lipinski definition) is 3. The highest BCUT2D eigenvalue weighted by Crippen LogP contribution is 2.41. The Balaban J connectivity index is 0.000000323. The lowest BCUT2D eigenvalue weighted by Gasteiger charge is -2.31. The summed E-state index contributed by atoms with van der Waals surface area (Å²) in [6.45, 7) is 2.27. The van der Waals surface area contributed by atoms with Crippen LogP contribution in [0.1, 0.15) is 73.7 Å². The lowest BCUT2D eigenvalue weighted by molar-refractivity contribution is 0.384. The molecule has 5 nitrogen and oxygen atoms in total. The quantitative estimate of drug-likeness (QED) is 0.717. The van der Waals surface area contributed by atoms with Gasteiger partial charge >= 0.3 is 0 Å². The maximum Gasteiger partial charge on any atom is 0.261 e. The smallest absolute Gasteiger partial charge is 0.261 e. The molecular formula is C21H30N2O3S. The van der Waals surface area contributed by atoms with Crippen LogP contribution in [0.2, 0.25) is 0 Å². The molecule has 1 atom stereocenters. The highest BCUT2D eigenvalue weighted by Gasteiger charge is 2.30. The largest absolute Gasteiger partial charge is 0.342 e. The molecule has 148 valence electrons. The maximum absolute atomic E-state index is 9.19. The Morgan fingerprint density at radius 3 is 2.59 bits per heavy atom. The Morgan fingerprint density at radius 1 is 1.11 bits per heavy atom. The fourth-order valence-electron chi connectivity index (χ4n) is 5.22. The summed E-state index contributed by atoms with van der Waals surface area (Å²) in [5.41, 5.74) is 6.39. The van der Waals surface area contributed by atoms with Crippen molar-refractivity contribution in [2.24, 2.45) is 0 Å². The van der Waals surface area contributed by atoms with Crippen LogP contribution in [0, 0.1) is 0 Å². The van der Waals surface area contributed by atoms with Gasteiger partial charge in [0.1, 0.15) is 0 Å². The van der Waals surface area contributed by atoms with Crippen molar-refractivity contribution >= 4 is 21.0 Å². The Bertz CT molecular complexity index is 917. The van der Waals surface area contributed by atoms with Gasteiger partial charge in [-0.3, -0.25) is 4.55 Å². The first-order chi connectivity index (χ1) is 12.9. The summed E-state index contributed by atoms with van der Waals surface area (Å²) >= 11 is 0. The molecule has 0 amide bonds. The Hall–Kier alpha value is -1.37. The molecule has 27 heavy (non-hydrogen) atoms. The molecule has 3 aliphatic rings. The molecule has 2 heterocycles. The lowest BCUT2D eigenvalue weighted by Crippen LogP contribution is -2.35. The molecule has 1 fully saturated rings. The first-order valence-corrected chi connectivity index (χ1v) is 12.1. The fraction of sp³-hybridized carbons (Fsp3) is 0.619. The standard InChI is InChI=1S/C20H26N2.CH4O3S/c1-2-5-14(6-3-1)15-9-10-19-17(13-15)16-7-4-8-18-20(16)22(19)12-11-21-18;1-5(2,3)4/h9-10,13-14,18,21H,1-8,11-12H2;1H3,(H,2,3,4)/t18-;/m1./s1. The number of benzene rings is 1. The summed E-state index contributed by atoms with van der Waals surface area (Å²) in [5, 5.41) is 5.31. The highest BCUT2D eigenvalue weighted by molar-refractivity contribution is 7.85. The second kappa shape index (κ2) is 7.57. The van der Waals surface area contributed by atoms with E-state index < -0.39 is 10.1 Å². The topological polar surface area (TPSA) is 71.3 Å². The van der Waals surface area contributed by atoms with Gasteiger partial charge in [0.2, 0.25) is 0 Å². The van der Waals surface area contributed by atoms with E-state index in [9.17, 15) is 8.42 Å². The minimum atomic E-state index is -3.67. The summed E-state index contributed by atoms with van der Waals surface area (Å²) in [6.07, 6.45) is 11.8. The van der Waals surface area contributed by atoms with Gasteiger partial charge in [-0.05, 0) is 61.3 Å². The van der Waals surface area contributed by atoms with E-state index in [0.717, 1.165) is 19.0 Å². The molecule has 0 bridgehead atoms. The van der Waals surface area contributed by atoms with Gasteiger partial charge in [0.25, 0.3) is 10.1 Å². The van der Waals surface area contributed by atoms with Gasteiger partial charge in [0.05, 0.1) is 6.26 Å². The summed E-state index contributed by atoms with van der Waals surface area (Å²) < 4.78 is 28.5.